The first-order valence-electron chi connectivity index (χ1n) is 24.6. The van der Waals surface area contributed by atoms with Gasteiger partial charge in [0.2, 0.25) is 0 Å². The van der Waals surface area contributed by atoms with Crippen LogP contribution >= 0.6 is 15.6 Å². The van der Waals surface area contributed by atoms with E-state index in [0.29, 0.717) is 25.7 Å². The highest BCUT2D eigenvalue weighted by Crippen LogP contribution is 2.49. The van der Waals surface area contributed by atoms with Crippen LogP contribution in [0.4, 0.5) is 0 Å². The van der Waals surface area contributed by atoms with Crippen LogP contribution in [0, 0.1) is 0 Å². The first-order valence-corrected chi connectivity index (χ1v) is 27.6. The second-order valence-corrected chi connectivity index (χ2v) is 19.6. The number of aliphatic hydroxyl groups is 5. The summed E-state index contributed by atoms with van der Waals surface area (Å²) in [5, 5.41) is 51.1. The number of phosphoric acid groups is 2. The number of rotatable bonds is 40. The van der Waals surface area contributed by atoms with Gasteiger partial charge in [0, 0.05) is 12.8 Å². The van der Waals surface area contributed by atoms with Gasteiger partial charge in [-0.1, -0.05) is 145 Å². The fourth-order valence-electron chi connectivity index (χ4n) is 6.95. The molecule has 17 nitrogen and oxygen atoms in total. The molecule has 1 saturated carbocycles. The first-order chi connectivity index (χ1) is 32.5. The van der Waals surface area contributed by atoms with Crippen LogP contribution in [0.1, 0.15) is 162 Å². The molecule has 0 spiro atoms. The van der Waals surface area contributed by atoms with Gasteiger partial charge in [0.1, 0.15) is 43.2 Å². The summed E-state index contributed by atoms with van der Waals surface area (Å²) in [6.45, 7) is 2.87. The third-order valence-corrected chi connectivity index (χ3v) is 12.3. The van der Waals surface area contributed by atoms with Gasteiger partial charge in [0.05, 0.1) is 12.7 Å². The van der Waals surface area contributed by atoms with Gasteiger partial charge in [-0.2, -0.15) is 0 Å². The van der Waals surface area contributed by atoms with E-state index in [9.17, 15) is 58.9 Å². The quantitative estimate of drug-likeness (QED) is 0.0123. The molecular weight excluding hydrogens is 922 g/mol. The fraction of sp³-hybridized carbons (Fsp3) is 0.714. The maximum absolute atomic E-state index is 13.0. The number of esters is 2. The van der Waals surface area contributed by atoms with Crippen LogP contribution in [0.3, 0.4) is 0 Å². The number of unbranched alkanes of at least 4 members (excludes halogenated alkanes) is 12. The number of aliphatic hydroxyl groups excluding tert-OH is 5. The molecule has 5 unspecified atom stereocenters. The summed E-state index contributed by atoms with van der Waals surface area (Å²) in [4.78, 5) is 54.3. The van der Waals surface area contributed by atoms with E-state index < -0.39 is 89.6 Å². The second kappa shape index (κ2) is 39.1. The van der Waals surface area contributed by atoms with Gasteiger partial charge < -0.3 is 49.7 Å². The Labute approximate surface area is 404 Å². The zero-order valence-electron chi connectivity index (χ0n) is 40.4. The van der Waals surface area contributed by atoms with E-state index >= 15 is 0 Å². The van der Waals surface area contributed by atoms with E-state index in [1.54, 1.807) is 0 Å². The maximum atomic E-state index is 13.0. The Morgan fingerprint density at radius 1 is 0.529 bits per heavy atom. The van der Waals surface area contributed by atoms with Crippen molar-refractivity contribution in [2.45, 2.75) is 210 Å². The molecule has 1 fully saturated rings. The smallest absolute Gasteiger partial charge is 0.462 e. The van der Waals surface area contributed by atoms with Crippen molar-refractivity contribution in [3.05, 3.63) is 72.9 Å². The summed E-state index contributed by atoms with van der Waals surface area (Å²) in [7, 11) is -10.7. The molecule has 9 atom stereocenters. The maximum Gasteiger partial charge on any atom is 0.472 e. The van der Waals surface area contributed by atoms with Gasteiger partial charge in [-0.25, -0.2) is 9.13 Å². The highest BCUT2D eigenvalue weighted by Gasteiger charge is 2.54. The molecule has 19 heteroatoms. The summed E-state index contributed by atoms with van der Waals surface area (Å²) in [6.07, 6.45) is 29.0. The third kappa shape index (κ3) is 33.1. The standard InChI is InChI=1S/C49H84O17P2/c1-3-5-7-8-9-10-11-12-13-14-15-16-21-24-27-30-33-37-43(52)64-41(39-63-68(60,61)66-49-46(55)44(53)45(54)48(47(49)56)65-67(57,58)59)38-62-42(51)36-32-29-26-23-20-18-17-19-22-25-28-31-35-40(50)34-6-4-2/h9-10,12-13,17-18,22-23,25-26,31,35,40-41,44-50,53-56H,3-8,11,14-16,19-21,24,27-30,32-34,36-39H2,1-2H3,(H,60,61)(H2,57,58,59)/b10-9-,13-12-,18-17-,25-22-,26-23-,35-31-/t40-,41+,44?,45?,46?,47?,48+,49-/m0/s1. The van der Waals surface area contributed by atoms with Crippen molar-refractivity contribution < 1.29 is 82.0 Å². The monoisotopic (exact) mass is 1010 g/mol. The Bertz CT molecular complexity index is 1610. The van der Waals surface area contributed by atoms with Crippen LogP contribution in [0.25, 0.3) is 0 Å². The largest absolute Gasteiger partial charge is 0.472 e. The highest BCUT2D eigenvalue weighted by atomic mass is 31.2. The van der Waals surface area contributed by atoms with E-state index in [-0.39, 0.29) is 12.8 Å². The van der Waals surface area contributed by atoms with Crippen molar-refractivity contribution in [3.63, 3.8) is 0 Å². The Kier molecular flexibility index (Phi) is 36.4. The summed E-state index contributed by atoms with van der Waals surface area (Å²) in [5.41, 5.74) is 0. The van der Waals surface area contributed by atoms with Gasteiger partial charge in [0.15, 0.2) is 6.10 Å². The number of carbonyl (C=O) groups excluding carboxylic acids is 2. The molecule has 0 bridgehead atoms. The highest BCUT2D eigenvalue weighted by molar-refractivity contribution is 7.47. The van der Waals surface area contributed by atoms with Gasteiger partial charge in [0.25, 0.3) is 0 Å². The lowest BCUT2D eigenvalue weighted by Gasteiger charge is -2.43. The molecule has 0 aromatic carbocycles. The SMILES string of the molecule is CCCCC/C=C\C/C=C\CCCCCCCCCC(=O)O[C@H](COC(=O)CCC/C=C\C/C=C\C/C=C\C/C=C\[C@@H](O)CCCC)COP(=O)(O)O[C@H]1C(O)C(O)C(O)[C@@H](OP(=O)(O)O)C1O. The molecule has 0 aliphatic heterocycles. The van der Waals surface area contributed by atoms with Crippen LogP contribution in [0.2, 0.25) is 0 Å². The number of hydrogen-bond donors (Lipinski definition) is 8. The van der Waals surface area contributed by atoms with Crippen molar-refractivity contribution in [2.24, 2.45) is 0 Å². The van der Waals surface area contributed by atoms with Gasteiger partial charge in [-0.3, -0.25) is 23.2 Å². The molecule has 1 rings (SSSR count). The zero-order chi connectivity index (χ0) is 50.5. The lowest BCUT2D eigenvalue weighted by molar-refractivity contribution is -0.216. The fourth-order valence-corrected chi connectivity index (χ4v) is 8.49. The van der Waals surface area contributed by atoms with E-state index in [1.807, 2.05) is 42.5 Å². The Balaban J connectivity index is 2.63. The predicted octanol–water partition coefficient (Wildman–Crippen LogP) is 8.59. The number of hydrogen-bond acceptors (Lipinski definition) is 14. The second-order valence-electron chi connectivity index (χ2n) is 17.0. The minimum atomic E-state index is -5.38. The topological polar surface area (TPSA) is 276 Å². The molecule has 0 aromatic heterocycles. The van der Waals surface area contributed by atoms with Crippen molar-refractivity contribution in [3.8, 4) is 0 Å². The molecule has 0 heterocycles. The zero-order valence-corrected chi connectivity index (χ0v) is 42.2. The van der Waals surface area contributed by atoms with Crippen LogP contribution < -0.4 is 0 Å². The number of allylic oxidation sites excluding steroid dienone is 11. The number of ether oxygens (including phenoxy) is 2. The van der Waals surface area contributed by atoms with Gasteiger partial charge >= 0.3 is 27.6 Å². The van der Waals surface area contributed by atoms with Crippen LogP contribution in [0.15, 0.2) is 72.9 Å². The number of phosphoric ester groups is 2. The minimum Gasteiger partial charge on any atom is -0.462 e. The van der Waals surface area contributed by atoms with Crippen molar-refractivity contribution in [2.75, 3.05) is 13.2 Å². The Morgan fingerprint density at radius 3 is 1.56 bits per heavy atom. The molecule has 1 aliphatic carbocycles. The third-order valence-electron chi connectivity index (χ3n) is 10.8. The molecular formula is C49H84O17P2. The summed E-state index contributed by atoms with van der Waals surface area (Å²) in [6, 6.07) is 0. The predicted molar refractivity (Wildman–Crippen MR) is 261 cm³/mol. The molecule has 1 aliphatic rings. The van der Waals surface area contributed by atoms with Crippen molar-refractivity contribution in [1.29, 1.82) is 0 Å². The number of carbonyl (C=O) groups is 2. The molecule has 0 aromatic rings. The Hall–Kier alpha value is -2.60. The normalized spacial score (nSPS) is 22.3. The van der Waals surface area contributed by atoms with Crippen molar-refractivity contribution in [1.82, 2.24) is 0 Å². The molecule has 68 heavy (non-hydrogen) atoms. The molecule has 0 radical (unpaired) electrons. The minimum absolute atomic E-state index is 0.0120. The van der Waals surface area contributed by atoms with Crippen LogP contribution in [-0.2, 0) is 41.8 Å². The van der Waals surface area contributed by atoms with Crippen LogP contribution in [0.5, 0.6) is 0 Å². The van der Waals surface area contributed by atoms with E-state index in [2.05, 4.69) is 48.8 Å². The lowest BCUT2D eigenvalue weighted by Crippen LogP contribution is -2.64. The first kappa shape index (κ1) is 63.4. The van der Waals surface area contributed by atoms with E-state index in [0.717, 1.165) is 89.9 Å². The van der Waals surface area contributed by atoms with E-state index in [1.165, 1.54) is 19.3 Å². The molecule has 392 valence electrons. The molecule has 0 saturated heterocycles. The summed E-state index contributed by atoms with van der Waals surface area (Å²) in [5.74, 6) is -1.31. The Morgan fingerprint density at radius 2 is 1.00 bits per heavy atom. The van der Waals surface area contributed by atoms with Gasteiger partial charge in [-0.15, -0.1) is 0 Å². The molecule has 8 N–H and O–H groups in total. The van der Waals surface area contributed by atoms with Crippen LogP contribution in [-0.4, -0.2) is 114 Å². The lowest BCUT2D eigenvalue weighted by atomic mass is 9.85. The van der Waals surface area contributed by atoms with Gasteiger partial charge in [-0.05, 0) is 77.0 Å². The molecule has 0 amide bonds. The summed E-state index contributed by atoms with van der Waals surface area (Å²) >= 11 is 0. The van der Waals surface area contributed by atoms with E-state index in [4.69, 9.17) is 18.5 Å². The summed E-state index contributed by atoms with van der Waals surface area (Å²) < 4.78 is 49.3. The van der Waals surface area contributed by atoms with Crippen molar-refractivity contribution >= 4 is 27.6 Å². The average Bonchev–Trinajstić information content (AvgIpc) is 3.29. The average molecular weight is 1010 g/mol.